The van der Waals surface area contributed by atoms with E-state index in [1.807, 2.05) is 6.07 Å². The average molecular weight is 258 g/mol. The number of nitriles is 1. The predicted molar refractivity (Wildman–Crippen MR) is 73.4 cm³/mol. The molecule has 4 nitrogen and oxygen atoms in total. The van der Waals surface area contributed by atoms with Crippen molar-refractivity contribution in [3.8, 4) is 6.07 Å². The van der Waals surface area contributed by atoms with E-state index in [0.717, 1.165) is 18.7 Å². The van der Waals surface area contributed by atoms with E-state index in [1.165, 1.54) is 0 Å². The second-order valence-electron chi connectivity index (χ2n) is 4.73. The number of rotatable bonds is 3. The van der Waals surface area contributed by atoms with Gasteiger partial charge in [-0.05, 0) is 31.5 Å². The zero-order valence-electron chi connectivity index (χ0n) is 11.3. The van der Waals surface area contributed by atoms with Crippen molar-refractivity contribution in [3.63, 3.8) is 0 Å². The Morgan fingerprint density at radius 2 is 2.37 bits per heavy atom. The fourth-order valence-corrected chi connectivity index (χ4v) is 2.45. The smallest absolute Gasteiger partial charge is 0.161 e. The van der Waals surface area contributed by atoms with Crippen molar-refractivity contribution >= 4 is 11.5 Å². The first kappa shape index (κ1) is 13.6. The molecule has 1 fully saturated rings. The molecule has 0 aromatic heterocycles. The lowest BCUT2D eigenvalue weighted by Gasteiger charge is -2.37. The first-order valence-electron chi connectivity index (χ1n) is 6.56. The summed E-state index contributed by atoms with van der Waals surface area (Å²) in [4.78, 5) is 14.0. The first-order chi connectivity index (χ1) is 9.17. The molecule has 0 amide bonds. The molecular weight excluding hydrogens is 240 g/mol. The van der Waals surface area contributed by atoms with Gasteiger partial charge in [0.25, 0.3) is 0 Å². The highest BCUT2D eigenvalue weighted by molar-refractivity contribution is 6.00. The summed E-state index contributed by atoms with van der Waals surface area (Å²) in [6.45, 7) is 5.75. The minimum absolute atomic E-state index is 0.0286. The minimum atomic E-state index is 0.0286. The molecule has 1 aromatic carbocycles. The summed E-state index contributed by atoms with van der Waals surface area (Å²) in [5.41, 5.74) is 2.13. The van der Waals surface area contributed by atoms with Gasteiger partial charge < -0.3 is 9.64 Å². The number of benzene rings is 1. The van der Waals surface area contributed by atoms with Crippen molar-refractivity contribution in [2.24, 2.45) is 0 Å². The lowest BCUT2D eigenvalue weighted by Crippen LogP contribution is -2.45. The average Bonchev–Trinajstić information content (AvgIpc) is 2.46. The Morgan fingerprint density at radius 3 is 3.00 bits per heavy atom. The van der Waals surface area contributed by atoms with Crippen molar-refractivity contribution in [1.29, 1.82) is 5.26 Å². The standard InChI is InChI=1S/C15H18N2O2/c1-3-13-10-19-7-6-17(13)15-8-12(9-16)4-5-14(15)11(2)18/h4-5,8,13H,3,6-7,10H2,1-2H3. The number of nitrogens with zero attached hydrogens (tertiary/aromatic N) is 2. The van der Waals surface area contributed by atoms with Crippen LogP contribution in [0.4, 0.5) is 5.69 Å². The van der Waals surface area contributed by atoms with Crippen LogP contribution in [-0.4, -0.2) is 31.6 Å². The van der Waals surface area contributed by atoms with E-state index < -0.39 is 0 Å². The van der Waals surface area contributed by atoms with Gasteiger partial charge in [0.2, 0.25) is 0 Å². The number of anilines is 1. The molecule has 0 aliphatic carbocycles. The van der Waals surface area contributed by atoms with E-state index in [4.69, 9.17) is 10.00 Å². The number of morpholine rings is 1. The monoisotopic (exact) mass is 258 g/mol. The molecule has 0 N–H and O–H groups in total. The Bertz CT molecular complexity index is 519. The molecule has 19 heavy (non-hydrogen) atoms. The number of Topliss-reactive ketones (excluding diaryl/α,β-unsaturated/α-hetero) is 1. The van der Waals surface area contributed by atoms with E-state index >= 15 is 0 Å². The summed E-state index contributed by atoms with van der Waals surface area (Å²) >= 11 is 0. The van der Waals surface area contributed by atoms with Gasteiger partial charge in [-0.3, -0.25) is 4.79 Å². The number of ketones is 1. The van der Waals surface area contributed by atoms with Crippen molar-refractivity contribution in [1.82, 2.24) is 0 Å². The van der Waals surface area contributed by atoms with Crippen LogP contribution in [0.5, 0.6) is 0 Å². The van der Waals surface area contributed by atoms with Crippen molar-refractivity contribution < 1.29 is 9.53 Å². The molecular formula is C15H18N2O2. The van der Waals surface area contributed by atoms with Gasteiger partial charge in [0.1, 0.15) is 0 Å². The fourth-order valence-electron chi connectivity index (χ4n) is 2.45. The first-order valence-corrected chi connectivity index (χ1v) is 6.56. The molecule has 1 unspecified atom stereocenters. The highest BCUT2D eigenvalue weighted by atomic mass is 16.5. The van der Waals surface area contributed by atoms with Crippen molar-refractivity contribution in [2.75, 3.05) is 24.7 Å². The fraction of sp³-hybridized carbons (Fsp3) is 0.467. The lowest BCUT2D eigenvalue weighted by atomic mass is 10.0. The Balaban J connectivity index is 2.46. The second kappa shape index (κ2) is 5.85. The van der Waals surface area contributed by atoms with E-state index in [1.54, 1.807) is 19.1 Å². The maximum absolute atomic E-state index is 11.8. The molecule has 1 aromatic rings. The molecule has 1 aliphatic rings. The molecule has 100 valence electrons. The topological polar surface area (TPSA) is 53.3 Å². The third kappa shape index (κ3) is 2.77. The second-order valence-corrected chi connectivity index (χ2v) is 4.73. The van der Waals surface area contributed by atoms with Gasteiger partial charge in [0.15, 0.2) is 5.78 Å². The van der Waals surface area contributed by atoms with Crippen LogP contribution in [0.2, 0.25) is 0 Å². The van der Waals surface area contributed by atoms with Gasteiger partial charge in [-0.1, -0.05) is 6.92 Å². The summed E-state index contributed by atoms with van der Waals surface area (Å²) in [5.74, 6) is 0.0286. The number of carbonyl (C=O) groups excluding carboxylic acids is 1. The Hall–Kier alpha value is -1.86. The SMILES string of the molecule is CCC1COCCN1c1cc(C#N)ccc1C(C)=O. The number of carbonyl (C=O) groups is 1. The molecule has 1 atom stereocenters. The number of ether oxygens (including phenoxy) is 1. The molecule has 0 radical (unpaired) electrons. The lowest BCUT2D eigenvalue weighted by molar-refractivity contribution is 0.0922. The predicted octanol–water partition coefficient (Wildman–Crippen LogP) is 2.38. The summed E-state index contributed by atoms with van der Waals surface area (Å²) in [6, 6.07) is 7.66. The van der Waals surface area contributed by atoms with Crippen LogP contribution in [0.15, 0.2) is 18.2 Å². The maximum Gasteiger partial charge on any atom is 0.161 e. The van der Waals surface area contributed by atoms with Crippen molar-refractivity contribution in [2.45, 2.75) is 26.3 Å². The quantitative estimate of drug-likeness (QED) is 0.781. The normalized spacial score (nSPS) is 19.0. The van der Waals surface area contributed by atoms with Crippen LogP contribution < -0.4 is 4.90 Å². The van der Waals surface area contributed by atoms with Gasteiger partial charge in [-0.25, -0.2) is 0 Å². The van der Waals surface area contributed by atoms with Crippen LogP contribution in [0, 0.1) is 11.3 Å². The van der Waals surface area contributed by atoms with Crippen LogP contribution in [0.25, 0.3) is 0 Å². The summed E-state index contributed by atoms with van der Waals surface area (Å²) < 4.78 is 5.49. The van der Waals surface area contributed by atoms with Crippen LogP contribution in [-0.2, 0) is 4.74 Å². The molecule has 4 heteroatoms. The van der Waals surface area contributed by atoms with Gasteiger partial charge >= 0.3 is 0 Å². The van der Waals surface area contributed by atoms with Gasteiger partial charge in [-0.15, -0.1) is 0 Å². The van der Waals surface area contributed by atoms with Gasteiger partial charge in [0.05, 0.1) is 30.9 Å². The summed E-state index contributed by atoms with van der Waals surface area (Å²) in [6.07, 6.45) is 0.953. The molecule has 2 rings (SSSR count). The largest absolute Gasteiger partial charge is 0.377 e. The Kier molecular flexibility index (Phi) is 4.18. The van der Waals surface area contributed by atoms with E-state index in [2.05, 4.69) is 17.9 Å². The van der Waals surface area contributed by atoms with Crippen LogP contribution >= 0.6 is 0 Å². The third-order valence-electron chi connectivity index (χ3n) is 3.51. The number of hydrogen-bond acceptors (Lipinski definition) is 4. The highest BCUT2D eigenvalue weighted by Crippen LogP contribution is 2.27. The van der Waals surface area contributed by atoms with Gasteiger partial charge in [-0.2, -0.15) is 5.26 Å². The van der Waals surface area contributed by atoms with E-state index in [9.17, 15) is 4.79 Å². The molecule has 0 bridgehead atoms. The Morgan fingerprint density at radius 1 is 1.58 bits per heavy atom. The molecule has 1 saturated heterocycles. The molecule has 0 saturated carbocycles. The molecule has 1 aliphatic heterocycles. The van der Waals surface area contributed by atoms with Gasteiger partial charge in [0, 0.05) is 17.8 Å². The minimum Gasteiger partial charge on any atom is -0.377 e. The van der Waals surface area contributed by atoms with E-state index in [0.29, 0.717) is 24.3 Å². The summed E-state index contributed by atoms with van der Waals surface area (Å²) in [7, 11) is 0. The highest BCUT2D eigenvalue weighted by Gasteiger charge is 2.24. The zero-order chi connectivity index (χ0) is 13.8. The molecule has 1 heterocycles. The van der Waals surface area contributed by atoms with Crippen LogP contribution in [0.3, 0.4) is 0 Å². The molecule has 0 spiro atoms. The Labute approximate surface area is 113 Å². The summed E-state index contributed by atoms with van der Waals surface area (Å²) in [5, 5.41) is 9.03. The van der Waals surface area contributed by atoms with Crippen molar-refractivity contribution in [3.05, 3.63) is 29.3 Å². The maximum atomic E-state index is 11.8. The third-order valence-corrected chi connectivity index (χ3v) is 3.51. The van der Waals surface area contributed by atoms with Crippen LogP contribution in [0.1, 0.15) is 36.2 Å². The number of hydrogen-bond donors (Lipinski definition) is 0. The zero-order valence-corrected chi connectivity index (χ0v) is 11.3. The van der Waals surface area contributed by atoms with E-state index in [-0.39, 0.29) is 11.8 Å².